The summed E-state index contributed by atoms with van der Waals surface area (Å²) in [5.74, 6) is 0.850. The Morgan fingerprint density at radius 2 is 2.13 bits per heavy atom. The van der Waals surface area contributed by atoms with Crippen LogP contribution in [0.5, 0.6) is 0 Å². The lowest BCUT2D eigenvalue weighted by molar-refractivity contribution is -0.137. The van der Waals surface area contributed by atoms with Crippen molar-refractivity contribution in [3.8, 4) is 0 Å². The molecular formula is C17H26N4O2. The zero-order chi connectivity index (χ0) is 16.2. The molecular weight excluding hydrogens is 292 g/mol. The molecule has 0 aliphatic carbocycles. The van der Waals surface area contributed by atoms with E-state index in [0.29, 0.717) is 25.4 Å². The summed E-state index contributed by atoms with van der Waals surface area (Å²) < 4.78 is 1.97. The van der Waals surface area contributed by atoms with Crippen molar-refractivity contribution >= 4 is 11.8 Å². The molecule has 2 fully saturated rings. The number of likely N-dealkylation sites (tertiary alicyclic amines) is 2. The van der Waals surface area contributed by atoms with Gasteiger partial charge in [-0.15, -0.1) is 0 Å². The predicted molar refractivity (Wildman–Crippen MR) is 86.5 cm³/mol. The highest BCUT2D eigenvalue weighted by Gasteiger charge is 2.36. The average Bonchev–Trinajstić information content (AvgIpc) is 3.22. The number of hydrogen-bond acceptors (Lipinski definition) is 3. The summed E-state index contributed by atoms with van der Waals surface area (Å²) in [6.45, 7) is 5.90. The van der Waals surface area contributed by atoms with E-state index in [-0.39, 0.29) is 17.7 Å². The average molecular weight is 318 g/mol. The molecule has 6 nitrogen and oxygen atoms in total. The van der Waals surface area contributed by atoms with Crippen LogP contribution in [0.3, 0.4) is 0 Å². The van der Waals surface area contributed by atoms with Gasteiger partial charge >= 0.3 is 0 Å². The molecule has 0 radical (unpaired) electrons. The summed E-state index contributed by atoms with van der Waals surface area (Å²) in [4.78, 5) is 28.2. The molecule has 0 N–H and O–H groups in total. The maximum Gasteiger partial charge on any atom is 0.227 e. The fraction of sp³-hybridized carbons (Fsp3) is 0.706. The van der Waals surface area contributed by atoms with Gasteiger partial charge in [-0.05, 0) is 38.2 Å². The van der Waals surface area contributed by atoms with Crippen molar-refractivity contribution in [2.24, 2.45) is 11.8 Å². The Labute approximate surface area is 137 Å². The smallest absolute Gasteiger partial charge is 0.227 e. The van der Waals surface area contributed by atoms with Gasteiger partial charge in [-0.2, -0.15) is 5.10 Å². The highest BCUT2D eigenvalue weighted by atomic mass is 16.2. The fourth-order valence-electron chi connectivity index (χ4n) is 3.69. The summed E-state index contributed by atoms with van der Waals surface area (Å²) in [5, 5.41) is 4.23. The number of piperidine rings is 1. The lowest BCUT2D eigenvalue weighted by Gasteiger charge is -2.33. The number of amides is 2. The molecule has 3 heterocycles. The maximum absolute atomic E-state index is 12.6. The second kappa shape index (κ2) is 7.15. The van der Waals surface area contributed by atoms with Crippen LogP contribution in [0.4, 0.5) is 0 Å². The summed E-state index contributed by atoms with van der Waals surface area (Å²) in [6.07, 6.45) is 7.44. The fourth-order valence-corrected chi connectivity index (χ4v) is 3.69. The van der Waals surface area contributed by atoms with Crippen LogP contribution in [0.15, 0.2) is 18.5 Å². The number of nitrogens with zero attached hydrogens (tertiary/aromatic N) is 4. The van der Waals surface area contributed by atoms with Crippen molar-refractivity contribution in [3.05, 3.63) is 18.5 Å². The van der Waals surface area contributed by atoms with Gasteiger partial charge in [0.05, 0.1) is 5.92 Å². The van der Waals surface area contributed by atoms with E-state index in [4.69, 9.17) is 0 Å². The van der Waals surface area contributed by atoms with E-state index in [9.17, 15) is 9.59 Å². The molecule has 0 spiro atoms. The lowest BCUT2D eigenvalue weighted by Crippen LogP contribution is -2.42. The van der Waals surface area contributed by atoms with Crippen LogP contribution in [-0.2, 0) is 16.1 Å². The first-order valence-electron chi connectivity index (χ1n) is 8.71. The van der Waals surface area contributed by atoms with Gasteiger partial charge in [0, 0.05) is 51.5 Å². The van der Waals surface area contributed by atoms with Crippen LogP contribution in [0.1, 0.15) is 32.6 Å². The molecule has 2 saturated heterocycles. The third-order valence-electron chi connectivity index (χ3n) is 5.20. The van der Waals surface area contributed by atoms with Crippen molar-refractivity contribution in [2.45, 2.75) is 39.2 Å². The van der Waals surface area contributed by atoms with E-state index in [2.05, 4.69) is 5.10 Å². The van der Waals surface area contributed by atoms with Crippen molar-refractivity contribution < 1.29 is 9.59 Å². The molecule has 3 rings (SSSR count). The minimum absolute atomic E-state index is 0.122. The molecule has 2 amide bonds. The molecule has 0 unspecified atom stereocenters. The van der Waals surface area contributed by atoms with Crippen LogP contribution in [-0.4, -0.2) is 57.6 Å². The maximum atomic E-state index is 12.6. The van der Waals surface area contributed by atoms with E-state index in [1.54, 1.807) is 4.90 Å². The normalized spacial score (nSPS) is 22.8. The number of carbonyl (C=O) groups excluding carboxylic acids is 2. The highest BCUT2D eigenvalue weighted by Crippen LogP contribution is 2.25. The van der Waals surface area contributed by atoms with E-state index in [1.807, 2.05) is 35.0 Å². The topological polar surface area (TPSA) is 58.4 Å². The van der Waals surface area contributed by atoms with Gasteiger partial charge in [0.15, 0.2) is 0 Å². The Hall–Kier alpha value is -1.85. The van der Waals surface area contributed by atoms with Gasteiger partial charge in [-0.1, -0.05) is 0 Å². The zero-order valence-corrected chi connectivity index (χ0v) is 13.9. The van der Waals surface area contributed by atoms with Crippen LogP contribution < -0.4 is 0 Å². The van der Waals surface area contributed by atoms with E-state index < -0.39 is 0 Å². The molecule has 1 aromatic rings. The number of carbonyl (C=O) groups is 2. The Balaban J connectivity index is 1.43. The van der Waals surface area contributed by atoms with Gasteiger partial charge < -0.3 is 9.80 Å². The predicted octanol–water partition coefficient (Wildman–Crippen LogP) is 1.38. The SMILES string of the molecule is CCN1C[C@@H](C(=O)N2CCC(CCn3cccn3)CC2)CC1=O. The van der Waals surface area contributed by atoms with Gasteiger partial charge in [-0.25, -0.2) is 0 Å². The molecule has 2 aliphatic heterocycles. The standard InChI is InChI=1S/C17H26N4O2/c1-2-19-13-15(12-16(19)22)17(23)20-9-4-14(5-10-20)6-11-21-8-3-7-18-21/h3,7-8,14-15H,2,4-6,9-13H2,1H3/t15-/m0/s1. The summed E-state index contributed by atoms with van der Waals surface area (Å²) in [6, 6.07) is 1.95. The Kier molecular flexibility index (Phi) is 4.98. The summed E-state index contributed by atoms with van der Waals surface area (Å²) in [5.41, 5.74) is 0. The molecule has 1 atom stereocenters. The number of rotatable bonds is 5. The minimum Gasteiger partial charge on any atom is -0.342 e. The first-order valence-corrected chi connectivity index (χ1v) is 8.71. The molecule has 126 valence electrons. The number of aryl methyl sites for hydroxylation is 1. The molecule has 0 aromatic carbocycles. The lowest BCUT2D eigenvalue weighted by atomic mass is 9.92. The molecule has 23 heavy (non-hydrogen) atoms. The molecule has 0 bridgehead atoms. The van der Waals surface area contributed by atoms with Gasteiger partial charge in [-0.3, -0.25) is 14.3 Å². The molecule has 0 saturated carbocycles. The van der Waals surface area contributed by atoms with Gasteiger partial charge in [0.2, 0.25) is 11.8 Å². The quantitative estimate of drug-likeness (QED) is 0.824. The van der Waals surface area contributed by atoms with Crippen molar-refractivity contribution in [1.82, 2.24) is 19.6 Å². The summed E-state index contributed by atoms with van der Waals surface area (Å²) in [7, 11) is 0. The molecule has 6 heteroatoms. The zero-order valence-electron chi connectivity index (χ0n) is 13.9. The highest BCUT2D eigenvalue weighted by molar-refractivity contribution is 5.89. The Morgan fingerprint density at radius 3 is 2.74 bits per heavy atom. The first-order chi connectivity index (χ1) is 11.2. The molecule has 1 aromatic heterocycles. The minimum atomic E-state index is -0.122. The third-order valence-corrected chi connectivity index (χ3v) is 5.20. The van der Waals surface area contributed by atoms with Gasteiger partial charge in [0.1, 0.15) is 0 Å². The van der Waals surface area contributed by atoms with Gasteiger partial charge in [0.25, 0.3) is 0 Å². The Morgan fingerprint density at radius 1 is 1.35 bits per heavy atom. The molecule has 2 aliphatic rings. The summed E-state index contributed by atoms with van der Waals surface area (Å²) >= 11 is 0. The Bertz CT molecular complexity index is 535. The monoisotopic (exact) mass is 318 g/mol. The third kappa shape index (κ3) is 3.74. The van der Waals surface area contributed by atoms with Crippen molar-refractivity contribution in [2.75, 3.05) is 26.2 Å². The van der Waals surface area contributed by atoms with Crippen molar-refractivity contribution in [1.29, 1.82) is 0 Å². The van der Waals surface area contributed by atoms with E-state index >= 15 is 0 Å². The van der Waals surface area contributed by atoms with E-state index in [0.717, 1.165) is 38.9 Å². The number of hydrogen-bond donors (Lipinski definition) is 0. The van der Waals surface area contributed by atoms with Crippen LogP contribution >= 0.6 is 0 Å². The first kappa shape index (κ1) is 16.0. The largest absolute Gasteiger partial charge is 0.342 e. The van der Waals surface area contributed by atoms with Crippen LogP contribution in [0, 0.1) is 11.8 Å². The second-order valence-electron chi connectivity index (χ2n) is 6.66. The van der Waals surface area contributed by atoms with Crippen LogP contribution in [0.25, 0.3) is 0 Å². The van der Waals surface area contributed by atoms with Crippen molar-refractivity contribution in [3.63, 3.8) is 0 Å². The van der Waals surface area contributed by atoms with E-state index in [1.165, 1.54) is 0 Å². The van der Waals surface area contributed by atoms with Crippen LogP contribution in [0.2, 0.25) is 0 Å². The second-order valence-corrected chi connectivity index (χ2v) is 6.66. The number of aromatic nitrogens is 2.